The Balaban J connectivity index is 0.00000225. The number of nitrogens with zero attached hydrogens (tertiary/aromatic N) is 1. The minimum absolute atomic E-state index is 0. The monoisotopic (exact) mass is 367 g/mol. The zero-order valence-corrected chi connectivity index (χ0v) is 15.0. The van der Waals surface area contributed by atoms with E-state index in [9.17, 15) is 9.59 Å². The second-order valence-electron chi connectivity index (χ2n) is 6.57. The van der Waals surface area contributed by atoms with E-state index in [1.807, 2.05) is 30.3 Å². The largest absolute Gasteiger partial charge is 0.381 e. The number of nitrogens with one attached hydrogen (secondary N) is 1. The fourth-order valence-electron chi connectivity index (χ4n) is 3.39. The Morgan fingerprint density at radius 2 is 1.92 bits per heavy atom. The highest BCUT2D eigenvalue weighted by Crippen LogP contribution is 2.19. The minimum atomic E-state index is -0.565. The van der Waals surface area contributed by atoms with Gasteiger partial charge in [-0.3, -0.25) is 9.59 Å². The highest BCUT2D eigenvalue weighted by atomic mass is 35.5. The summed E-state index contributed by atoms with van der Waals surface area (Å²) in [6.07, 6.45) is 2.23. The summed E-state index contributed by atoms with van der Waals surface area (Å²) in [7, 11) is 0. The first-order valence-electron chi connectivity index (χ1n) is 8.61. The molecule has 2 atom stereocenters. The molecule has 25 heavy (non-hydrogen) atoms. The zero-order chi connectivity index (χ0) is 16.9. The molecule has 2 saturated heterocycles. The molecule has 0 aromatic heterocycles. The van der Waals surface area contributed by atoms with Crippen molar-refractivity contribution in [2.45, 2.75) is 37.9 Å². The van der Waals surface area contributed by atoms with Gasteiger partial charge in [-0.25, -0.2) is 0 Å². The highest BCUT2D eigenvalue weighted by Gasteiger charge is 2.35. The normalized spacial score (nSPS) is 22.4. The van der Waals surface area contributed by atoms with Crippen molar-refractivity contribution in [2.24, 2.45) is 11.7 Å². The zero-order valence-electron chi connectivity index (χ0n) is 14.2. The smallest absolute Gasteiger partial charge is 0.245 e. The molecule has 0 bridgehead atoms. The number of nitrogens with two attached hydrogens (primary N) is 1. The van der Waals surface area contributed by atoms with Gasteiger partial charge in [0.2, 0.25) is 11.8 Å². The Bertz CT molecular complexity index is 578. The third kappa shape index (κ3) is 4.93. The Labute approximate surface area is 154 Å². The standard InChI is InChI=1S/C18H25N3O3.ClH/c19-16(14-7-10-24-11-8-14)17(22)20-15-6-9-21(18(15)23)12-13-4-2-1-3-5-13;/h1-5,14-16H,6-12,19H2,(H,20,22);1H. The van der Waals surface area contributed by atoms with E-state index < -0.39 is 12.1 Å². The lowest BCUT2D eigenvalue weighted by molar-refractivity contribution is -0.134. The van der Waals surface area contributed by atoms with Crippen molar-refractivity contribution in [1.82, 2.24) is 10.2 Å². The maximum Gasteiger partial charge on any atom is 0.245 e. The van der Waals surface area contributed by atoms with Gasteiger partial charge < -0.3 is 20.7 Å². The van der Waals surface area contributed by atoms with Crippen LogP contribution in [0.1, 0.15) is 24.8 Å². The molecule has 3 N–H and O–H groups in total. The van der Waals surface area contributed by atoms with Gasteiger partial charge in [-0.2, -0.15) is 0 Å². The lowest BCUT2D eigenvalue weighted by Gasteiger charge is -2.27. The minimum Gasteiger partial charge on any atom is -0.381 e. The van der Waals surface area contributed by atoms with Crippen molar-refractivity contribution in [3.63, 3.8) is 0 Å². The molecule has 2 aliphatic rings. The molecule has 0 aliphatic carbocycles. The van der Waals surface area contributed by atoms with Crippen LogP contribution in [0.3, 0.4) is 0 Å². The van der Waals surface area contributed by atoms with Crippen molar-refractivity contribution in [3.8, 4) is 0 Å². The Morgan fingerprint density at radius 1 is 1.24 bits per heavy atom. The summed E-state index contributed by atoms with van der Waals surface area (Å²) in [6, 6.07) is 8.86. The van der Waals surface area contributed by atoms with Crippen LogP contribution in [0.25, 0.3) is 0 Å². The molecular formula is C18H26ClN3O3. The Hall–Kier alpha value is -1.63. The molecule has 138 valence electrons. The number of halogens is 1. The van der Waals surface area contributed by atoms with Crippen LogP contribution < -0.4 is 11.1 Å². The second kappa shape index (κ2) is 9.17. The summed E-state index contributed by atoms with van der Waals surface area (Å²) >= 11 is 0. The van der Waals surface area contributed by atoms with E-state index >= 15 is 0 Å². The van der Waals surface area contributed by atoms with Crippen molar-refractivity contribution in [3.05, 3.63) is 35.9 Å². The van der Waals surface area contributed by atoms with Crippen molar-refractivity contribution >= 4 is 24.2 Å². The van der Waals surface area contributed by atoms with Crippen LogP contribution in [0.2, 0.25) is 0 Å². The molecule has 1 aromatic rings. The number of carbonyl (C=O) groups excluding carboxylic acids is 2. The number of rotatable bonds is 5. The van der Waals surface area contributed by atoms with Gasteiger partial charge in [0.05, 0.1) is 6.04 Å². The quantitative estimate of drug-likeness (QED) is 0.815. The van der Waals surface area contributed by atoms with E-state index in [1.54, 1.807) is 4.90 Å². The first-order chi connectivity index (χ1) is 11.6. The molecule has 2 fully saturated rings. The van der Waals surface area contributed by atoms with Crippen LogP contribution in [0.15, 0.2) is 30.3 Å². The van der Waals surface area contributed by atoms with E-state index in [1.165, 1.54) is 0 Å². The van der Waals surface area contributed by atoms with E-state index in [0.29, 0.717) is 32.7 Å². The van der Waals surface area contributed by atoms with Crippen molar-refractivity contribution < 1.29 is 14.3 Å². The number of hydrogen-bond donors (Lipinski definition) is 2. The van der Waals surface area contributed by atoms with Crippen LogP contribution in [0, 0.1) is 5.92 Å². The fraction of sp³-hybridized carbons (Fsp3) is 0.556. The molecular weight excluding hydrogens is 342 g/mol. The molecule has 0 saturated carbocycles. The van der Waals surface area contributed by atoms with E-state index in [2.05, 4.69) is 5.32 Å². The van der Waals surface area contributed by atoms with Crippen molar-refractivity contribution in [2.75, 3.05) is 19.8 Å². The predicted octanol–water partition coefficient (Wildman–Crippen LogP) is 1.08. The van der Waals surface area contributed by atoms with E-state index in [0.717, 1.165) is 18.4 Å². The Morgan fingerprint density at radius 3 is 2.60 bits per heavy atom. The first kappa shape index (κ1) is 19.7. The first-order valence-corrected chi connectivity index (χ1v) is 8.61. The molecule has 1 aromatic carbocycles. The Kier molecular flexibility index (Phi) is 7.23. The lowest BCUT2D eigenvalue weighted by Crippen LogP contribution is -2.51. The maximum absolute atomic E-state index is 12.5. The average Bonchev–Trinajstić information content (AvgIpc) is 2.96. The molecule has 2 amide bonds. The van der Waals surface area contributed by atoms with Gasteiger partial charge in [0.15, 0.2) is 0 Å². The second-order valence-corrected chi connectivity index (χ2v) is 6.57. The van der Waals surface area contributed by atoms with Crippen LogP contribution in [-0.2, 0) is 20.9 Å². The molecule has 7 heteroatoms. The number of hydrogen-bond acceptors (Lipinski definition) is 4. The van der Waals surface area contributed by atoms with Crippen LogP contribution in [0.4, 0.5) is 0 Å². The molecule has 3 rings (SSSR count). The summed E-state index contributed by atoms with van der Waals surface area (Å²) < 4.78 is 5.30. The van der Waals surface area contributed by atoms with Gasteiger partial charge >= 0.3 is 0 Å². The van der Waals surface area contributed by atoms with Gasteiger partial charge in [-0.15, -0.1) is 12.4 Å². The number of benzene rings is 1. The average molecular weight is 368 g/mol. The van der Waals surface area contributed by atoms with Crippen LogP contribution >= 0.6 is 12.4 Å². The molecule has 2 unspecified atom stereocenters. The fourth-order valence-corrected chi connectivity index (χ4v) is 3.39. The molecule has 2 heterocycles. The molecule has 0 spiro atoms. The van der Waals surface area contributed by atoms with Gasteiger partial charge in [0.25, 0.3) is 0 Å². The van der Waals surface area contributed by atoms with Gasteiger partial charge in [-0.05, 0) is 30.7 Å². The summed E-state index contributed by atoms with van der Waals surface area (Å²) in [4.78, 5) is 26.6. The highest BCUT2D eigenvalue weighted by molar-refractivity contribution is 5.91. The number of ether oxygens (including phenoxy) is 1. The number of likely N-dealkylation sites (tertiary alicyclic amines) is 1. The summed E-state index contributed by atoms with van der Waals surface area (Å²) in [5, 5.41) is 2.85. The predicted molar refractivity (Wildman–Crippen MR) is 97.2 cm³/mol. The van der Waals surface area contributed by atoms with Gasteiger partial charge in [-0.1, -0.05) is 30.3 Å². The summed E-state index contributed by atoms with van der Waals surface area (Å²) in [5.41, 5.74) is 7.18. The molecule has 0 radical (unpaired) electrons. The third-order valence-corrected chi connectivity index (χ3v) is 4.91. The summed E-state index contributed by atoms with van der Waals surface area (Å²) in [5.74, 6) is -0.108. The van der Waals surface area contributed by atoms with E-state index in [4.69, 9.17) is 10.5 Å². The van der Waals surface area contributed by atoms with Gasteiger partial charge in [0.1, 0.15) is 6.04 Å². The van der Waals surface area contributed by atoms with E-state index in [-0.39, 0.29) is 30.1 Å². The molecule has 2 aliphatic heterocycles. The SMILES string of the molecule is Cl.NC(C(=O)NC1CCN(Cc2ccccc2)C1=O)C1CCOCC1. The van der Waals surface area contributed by atoms with Gasteiger partial charge in [0, 0.05) is 26.3 Å². The summed E-state index contributed by atoms with van der Waals surface area (Å²) in [6.45, 7) is 2.54. The van der Waals surface area contributed by atoms with Crippen LogP contribution in [-0.4, -0.2) is 48.6 Å². The number of carbonyl (C=O) groups is 2. The van der Waals surface area contributed by atoms with Crippen LogP contribution in [0.5, 0.6) is 0 Å². The lowest BCUT2D eigenvalue weighted by atomic mass is 9.91. The maximum atomic E-state index is 12.5. The molecule has 6 nitrogen and oxygen atoms in total. The third-order valence-electron chi connectivity index (χ3n) is 4.91. The topological polar surface area (TPSA) is 84.7 Å². The van der Waals surface area contributed by atoms with Crippen molar-refractivity contribution in [1.29, 1.82) is 0 Å². The number of amides is 2.